The molecule has 8 heteroatoms. The van der Waals surface area contributed by atoms with Crippen LogP contribution in [0, 0.1) is 0 Å². The van der Waals surface area contributed by atoms with Crippen LogP contribution >= 0.6 is 0 Å². The van der Waals surface area contributed by atoms with Crippen molar-refractivity contribution in [3.63, 3.8) is 0 Å². The lowest BCUT2D eigenvalue weighted by molar-refractivity contribution is 0.248. The summed E-state index contributed by atoms with van der Waals surface area (Å²) in [6.45, 7) is 0. The molecule has 0 saturated carbocycles. The molecule has 1 aromatic heterocycles. The third kappa shape index (κ3) is 4.70. The fourth-order valence-electron chi connectivity index (χ4n) is 3.17. The zero-order valence-corrected chi connectivity index (χ0v) is 17.6. The maximum absolute atomic E-state index is 12.9. The SMILES string of the molecule is COc1ccc(NC(=O)N[C@@H](c2ccccc2)c2nnc(-c3ccccc3)o2)c(OC)c1. The molecule has 0 bridgehead atoms. The summed E-state index contributed by atoms with van der Waals surface area (Å²) >= 11 is 0. The van der Waals surface area contributed by atoms with E-state index in [0.29, 0.717) is 23.1 Å². The van der Waals surface area contributed by atoms with Gasteiger partial charge in [0.15, 0.2) is 0 Å². The van der Waals surface area contributed by atoms with Crippen LogP contribution in [0.2, 0.25) is 0 Å². The Hall–Kier alpha value is -4.33. The molecule has 32 heavy (non-hydrogen) atoms. The average molecular weight is 430 g/mol. The monoisotopic (exact) mass is 430 g/mol. The summed E-state index contributed by atoms with van der Waals surface area (Å²) < 4.78 is 16.5. The Bertz CT molecular complexity index is 1180. The van der Waals surface area contributed by atoms with Gasteiger partial charge in [0.05, 0.1) is 19.9 Å². The molecule has 0 radical (unpaired) electrons. The highest BCUT2D eigenvalue weighted by atomic mass is 16.5. The number of methoxy groups -OCH3 is 2. The van der Waals surface area contributed by atoms with E-state index in [2.05, 4.69) is 20.8 Å². The second kappa shape index (κ2) is 9.65. The van der Waals surface area contributed by atoms with Crippen molar-refractivity contribution >= 4 is 11.7 Å². The molecule has 162 valence electrons. The van der Waals surface area contributed by atoms with Crippen LogP contribution in [0.25, 0.3) is 11.5 Å². The number of rotatable bonds is 7. The van der Waals surface area contributed by atoms with Crippen LogP contribution in [-0.4, -0.2) is 30.4 Å². The number of aromatic nitrogens is 2. The zero-order valence-electron chi connectivity index (χ0n) is 17.6. The van der Waals surface area contributed by atoms with E-state index >= 15 is 0 Å². The summed E-state index contributed by atoms with van der Waals surface area (Å²) in [6, 6.07) is 22.9. The lowest BCUT2D eigenvalue weighted by Gasteiger charge is -2.17. The third-order valence-corrected chi connectivity index (χ3v) is 4.77. The van der Waals surface area contributed by atoms with Gasteiger partial charge in [0.1, 0.15) is 17.5 Å². The number of nitrogens with one attached hydrogen (secondary N) is 2. The van der Waals surface area contributed by atoms with Crippen molar-refractivity contribution in [1.29, 1.82) is 0 Å². The first kappa shape index (κ1) is 20.9. The van der Waals surface area contributed by atoms with E-state index in [1.54, 1.807) is 25.3 Å². The maximum atomic E-state index is 12.9. The van der Waals surface area contributed by atoms with Crippen LogP contribution in [0.5, 0.6) is 11.5 Å². The molecule has 0 saturated heterocycles. The number of carbonyl (C=O) groups excluding carboxylic acids is 1. The number of benzene rings is 3. The molecule has 0 fully saturated rings. The van der Waals surface area contributed by atoms with Crippen LogP contribution in [0.1, 0.15) is 17.5 Å². The summed E-state index contributed by atoms with van der Waals surface area (Å²) in [6.07, 6.45) is 0. The molecule has 0 spiro atoms. The Balaban J connectivity index is 1.59. The number of carbonyl (C=O) groups is 1. The van der Waals surface area contributed by atoms with Gasteiger partial charge in [-0.15, -0.1) is 10.2 Å². The minimum absolute atomic E-state index is 0.270. The number of anilines is 1. The second-order valence-electron chi connectivity index (χ2n) is 6.82. The van der Waals surface area contributed by atoms with E-state index in [1.807, 2.05) is 60.7 Å². The molecule has 1 atom stereocenters. The summed E-state index contributed by atoms with van der Waals surface area (Å²) in [7, 11) is 3.08. The van der Waals surface area contributed by atoms with Crippen molar-refractivity contribution in [1.82, 2.24) is 15.5 Å². The first-order valence-electron chi connectivity index (χ1n) is 9.91. The predicted octanol–water partition coefficient (Wildman–Crippen LogP) is 4.66. The Labute approximate surface area is 185 Å². The molecule has 0 aliphatic heterocycles. The molecular weight excluding hydrogens is 408 g/mol. The third-order valence-electron chi connectivity index (χ3n) is 4.77. The van der Waals surface area contributed by atoms with Gasteiger partial charge in [0.25, 0.3) is 0 Å². The summed E-state index contributed by atoms with van der Waals surface area (Å²) in [5.41, 5.74) is 2.09. The van der Waals surface area contributed by atoms with Crippen molar-refractivity contribution in [3.8, 4) is 23.0 Å². The largest absolute Gasteiger partial charge is 0.497 e. The van der Waals surface area contributed by atoms with Gasteiger partial charge in [-0.25, -0.2) is 4.79 Å². The Morgan fingerprint density at radius 1 is 0.906 bits per heavy atom. The lowest BCUT2D eigenvalue weighted by atomic mass is 10.1. The smallest absolute Gasteiger partial charge is 0.320 e. The van der Waals surface area contributed by atoms with Gasteiger partial charge in [-0.2, -0.15) is 0 Å². The number of amides is 2. The number of hydrogen-bond acceptors (Lipinski definition) is 6. The number of urea groups is 1. The molecule has 1 heterocycles. The Morgan fingerprint density at radius 3 is 2.31 bits per heavy atom. The molecule has 8 nitrogen and oxygen atoms in total. The molecular formula is C24H22N4O4. The highest BCUT2D eigenvalue weighted by Crippen LogP contribution is 2.30. The van der Waals surface area contributed by atoms with Gasteiger partial charge in [-0.3, -0.25) is 0 Å². The quantitative estimate of drug-likeness (QED) is 0.442. The van der Waals surface area contributed by atoms with Crippen molar-refractivity contribution in [2.24, 2.45) is 0 Å². The molecule has 2 amide bonds. The van der Waals surface area contributed by atoms with Gasteiger partial charge >= 0.3 is 6.03 Å². The minimum atomic E-state index is -0.648. The van der Waals surface area contributed by atoms with Crippen LogP contribution < -0.4 is 20.1 Å². The van der Waals surface area contributed by atoms with Crippen LogP contribution in [0.4, 0.5) is 10.5 Å². The highest BCUT2D eigenvalue weighted by molar-refractivity contribution is 5.91. The molecule has 0 aliphatic carbocycles. The van der Waals surface area contributed by atoms with Crippen LogP contribution in [0.15, 0.2) is 83.3 Å². The van der Waals surface area contributed by atoms with E-state index in [-0.39, 0.29) is 5.89 Å². The molecule has 4 rings (SSSR count). The summed E-state index contributed by atoms with van der Waals surface area (Å²) in [5.74, 6) is 1.74. The van der Waals surface area contributed by atoms with Gasteiger partial charge < -0.3 is 24.5 Å². The molecule has 3 aromatic carbocycles. The van der Waals surface area contributed by atoms with Crippen molar-refractivity contribution in [3.05, 3.63) is 90.3 Å². The lowest BCUT2D eigenvalue weighted by Crippen LogP contribution is -2.33. The van der Waals surface area contributed by atoms with Crippen molar-refractivity contribution in [2.45, 2.75) is 6.04 Å². The number of hydrogen-bond donors (Lipinski definition) is 2. The standard InChI is InChI=1S/C24H22N4O4/c1-30-18-13-14-19(20(15-18)31-2)25-24(29)26-21(16-9-5-3-6-10-16)23-28-27-22(32-23)17-11-7-4-8-12-17/h3-15,21H,1-2H3,(H2,25,26,29)/t21-/m0/s1. The zero-order chi connectivity index (χ0) is 22.3. The Kier molecular flexibility index (Phi) is 6.31. The maximum Gasteiger partial charge on any atom is 0.320 e. The van der Waals surface area contributed by atoms with Gasteiger partial charge in [0.2, 0.25) is 11.8 Å². The summed E-state index contributed by atoms with van der Waals surface area (Å²) in [5, 5.41) is 14.0. The highest BCUT2D eigenvalue weighted by Gasteiger charge is 2.24. The first-order chi connectivity index (χ1) is 15.7. The van der Waals surface area contributed by atoms with E-state index in [9.17, 15) is 4.79 Å². The molecule has 2 N–H and O–H groups in total. The topological polar surface area (TPSA) is 98.5 Å². The van der Waals surface area contributed by atoms with Gasteiger partial charge in [-0.05, 0) is 29.8 Å². The average Bonchev–Trinajstić information content (AvgIpc) is 3.34. The first-order valence-corrected chi connectivity index (χ1v) is 9.91. The molecule has 0 unspecified atom stereocenters. The molecule has 4 aromatic rings. The van der Waals surface area contributed by atoms with E-state index in [1.165, 1.54) is 7.11 Å². The normalized spacial score (nSPS) is 11.4. The summed E-state index contributed by atoms with van der Waals surface area (Å²) in [4.78, 5) is 12.9. The van der Waals surface area contributed by atoms with Crippen LogP contribution in [-0.2, 0) is 0 Å². The van der Waals surface area contributed by atoms with Crippen molar-refractivity contribution in [2.75, 3.05) is 19.5 Å². The minimum Gasteiger partial charge on any atom is -0.497 e. The van der Waals surface area contributed by atoms with Gasteiger partial charge in [0, 0.05) is 11.6 Å². The molecule has 0 aliphatic rings. The van der Waals surface area contributed by atoms with Crippen LogP contribution in [0.3, 0.4) is 0 Å². The van der Waals surface area contributed by atoms with Crippen molar-refractivity contribution < 1.29 is 18.7 Å². The number of ether oxygens (including phenoxy) is 2. The fraction of sp³-hybridized carbons (Fsp3) is 0.125. The van der Waals surface area contributed by atoms with E-state index < -0.39 is 12.1 Å². The fourth-order valence-corrected chi connectivity index (χ4v) is 3.17. The predicted molar refractivity (Wildman–Crippen MR) is 120 cm³/mol. The Morgan fingerprint density at radius 2 is 1.62 bits per heavy atom. The number of nitrogens with zero attached hydrogens (tertiary/aromatic N) is 2. The van der Waals surface area contributed by atoms with E-state index in [0.717, 1.165) is 11.1 Å². The van der Waals surface area contributed by atoms with E-state index in [4.69, 9.17) is 13.9 Å². The second-order valence-corrected chi connectivity index (χ2v) is 6.82. The van der Waals surface area contributed by atoms with Gasteiger partial charge in [-0.1, -0.05) is 48.5 Å².